The highest BCUT2D eigenvalue weighted by atomic mass is 15.3. The number of hydrogen-bond acceptors (Lipinski definition) is 2. The summed E-state index contributed by atoms with van der Waals surface area (Å²) in [5, 5.41) is 7.87. The molecule has 1 heterocycles. The first kappa shape index (κ1) is 11.6. The Morgan fingerprint density at radius 2 is 2.19 bits per heavy atom. The fraction of sp³-hybridized carbons (Fsp3) is 0.769. The van der Waals surface area contributed by atoms with E-state index in [1.165, 1.54) is 24.8 Å². The summed E-state index contributed by atoms with van der Waals surface area (Å²) in [7, 11) is 0. The summed E-state index contributed by atoms with van der Waals surface area (Å²) in [5.41, 5.74) is 1.37. The zero-order valence-corrected chi connectivity index (χ0v) is 10.7. The average Bonchev–Trinajstić information content (AvgIpc) is 2.88. The summed E-state index contributed by atoms with van der Waals surface area (Å²) < 4.78 is 2.03. The van der Waals surface area contributed by atoms with Crippen LogP contribution in [-0.4, -0.2) is 16.3 Å². The van der Waals surface area contributed by atoms with Crippen molar-refractivity contribution in [1.29, 1.82) is 0 Å². The zero-order chi connectivity index (χ0) is 11.6. The molecule has 0 saturated heterocycles. The van der Waals surface area contributed by atoms with Crippen molar-refractivity contribution in [2.24, 2.45) is 5.92 Å². The van der Waals surface area contributed by atoms with Crippen molar-refractivity contribution in [3.05, 3.63) is 18.0 Å². The number of rotatable bonds is 5. The minimum atomic E-state index is 0.0895. The first-order valence-electron chi connectivity index (χ1n) is 6.30. The average molecular weight is 221 g/mol. The molecule has 0 bridgehead atoms. The van der Waals surface area contributed by atoms with E-state index >= 15 is 0 Å². The van der Waals surface area contributed by atoms with Gasteiger partial charge in [0.1, 0.15) is 0 Å². The monoisotopic (exact) mass is 221 g/mol. The van der Waals surface area contributed by atoms with Crippen LogP contribution in [0.4, 0.5) is 0 Å². The van der Waals surface area contributed by atoms with Gasteiger partial charge < -0.3 is 5.32 Å². The van der Waals surface area contributed by atoms with Crippen LogP contribution < -0.4 is 5.32 Å². The van der Waals surface area contributed by atoms with Crippen LogP contribution >= 0.6 is 0 Å². The van der Waals surface area contributed by atoms with Gasteiger partial charge in [-0.05, 0) is 39.7 Å². The van der Waals surface area contributed by atoms with Crippen molar-refractivity contribution in [3.63, 3.8) is 0 Å². The van der Waals surface area contributed by atoms with Gasteiger partial charge in [0.15, 0.2) is 0 Å². The van der Waals surface area contributed by atoms with Crippen molar-refractivity contribution in [3.8, 4) is 0 Å². The van der Waals surface area contributed by atoms with Crippen molar-refractivity contribution in [2.45, 2.75) is 52.1 Å². The van der Waals surface area contributed by atoms with Crippen LogP contribution in [0.25, 0.3) is 0 Å². The second kappa shape index (κ2) is 4.58. The van der Waals surface area contributed by atoms with E-state index in [2.05, 4.69) is 37.4 Å². The molecule has 0 aromatic carbocycles. The van der Waals surface area contributed by atoms with Gasteiger partial charge in [-0.1, -0.05) is 12.8 Å². The Bertz CT molecular complexity index is 331. The standard InChI is InChI=1S/C13H23N3/c1-13(2,3)16-10-12(9-15-16)8-14-7-6-11-4-5-11/h9-11,14H,4-8H2,1-3H3. The van der Waals surface area contributed by atoms with Gasteiger partial charge in [0.05, 0.1) is 11.7 Å². The van der Waals surface area contributed by atoms with Crippen LogP contribution in [0.1, 0.15) is 45.6 Å². The third-order valence-electron chi connectivity index (χ3n) is 3.08. The molecule has 1 saturated carbocycles. The smallest absolute Gasteiger partial charge is 0.0543 e. The molecule has 0 aliphatic heterocycles. The number of aromatic nitrogens is 2. The number of nitrogens with zero attached hydrogens (tertiary/aromatic N) is 2. The van der Waals surface area contributed by atoms with Crippen molar-refractivity contribution < 1.29 is 0 Å². The van der Waals surface area contributed by atoms with Crippen LogP contribution in [0, 0.1) is 5.92 Å². The Kier molecular flexibility index (Phi) is 3.33. The highest BCUT2D eigenvalue weighted by molar-refractivity contribution is 5.04. The van der Waals surface area contributed by atoms with Gasteiger partial charge in [-0.15, -0.1) is 0 Å². The fourth-order valence-electron chi connectivity index (χ4n) is 1.76. The second-order valence-corrected chi connectivity index (χ2v) is 5.87. The van der Waals surface area contributed by atoms with Gasteiger partial charge in [-0.2, -0.15) is 5.10 Å². The molecular formula is C13H23N3. The molecule has 0 radical (unpaired) electrons. The third kappa shape index (κ3) is 3.34. The Hall–Kier alpha value is -0.830. The first-order chi connectivity index (χ1) is 7.55. The quantitative estimate of drug-likeness (QED) is 0.774. The minimum absolute atomic E-state index is 0.0895. The molecule has 2 rings (SSSR count). The van der Waals surface area contributed by atoms with Crippen molar-refractivity contribution in [1.82, 2.24) is 15.1 Å². The lowest BCUT2D eigenvalue weighted by molar-refractivity contribution is 0.355. The topological polar surface area (TPSA) is 29.9 Å². The third-order valence-corrected chi connectivity index (χ3v) is 3.08. The highest BCUT2D eigenvalue weighted by Crippen LogP contribution is 2.31. The van der Waals surface area contributed by atoms with Gasteiger partial charge in [-0.3, -0.25) is 4.68 Å². The maximum Gasteiger partial charge on any atom is 0.0543 e. The van der Waals surface area contributed by atoms with Crippen LogP contribution in [0.15, 0.2) is 12.4 Å². The maximum absolute atomic E-state index is 4.39. The van der Waals surface area contributed by atoms with E-state index in [-0.39, 0.29) is 5.54 Å². The molecule has 0 spiro atoms. The van der Waals surface area contributed by atoms with Gasteiger partial charge in [-0.25, -0.2) is 0 Å². The molecule has 0 atom stereocenters. The summed E-state index contributed by atoms with van der Waals surface area (Å²) in [6, 6.07) is 0. The lowest BCUT2D eigenvalue weighted by Crippen LogP contribution is -2.22. The Balaban J connectivity index is 1.73. The van der Waals surface area contributed by atoms with Crippen molar-refractivity contribution >= 4 is 0 Å². The predicted octanol–water partition coefficient (Wildman–Crippen LogP) is 2.53. The van der Waals surface area contributed by atoms with Crippen molar-refractivity contribution in [2.75, 3.05) is 6.54 Å². The summed E-state index contributed by atoms with van der Waals surface area (Å²) in [5.74, 6) is 1.02. The Labute approximate surface area is 98.2 Å². The number of hydrogen-bond donors (Lipinski definition) is 1. The molecule has 1 aliphatic rings. The number of nitrogens with one attached hydrogen (secondary N) is 1. The van der Waals surface area contributed by atoms with E-state index in [4.69, 9.17) is 0 Å². The van der Waals surface area contributed by atoms with Crippen LogP contribution in [0.2, 0.25) is 0 Å². The largest absolute Gasteiger partial charge is 0.313 e. The predicted molar refractivity (Wildman–Crippen MR) is 66.3 cm³/mol. The Morgan fingerprint density at radius 1 is 1.44 bits per heavy atom. The normalized spacial score (nSPS) is 16.7. The van der Waals surface area contributed by atoms with Gasteiger partial charge in [0.2, 0.25) is 0 Å². The summed E-state index contributed by atoms with van der Waals surface area (Å²) in [6.07, 6.45) is 8.35. The van der Waals surface area contributed by atoms with Crippen LogP contribution in [0.5, 0.6) is 0 Å². The lowest BCUT2D eigenvalue weighted by Gasteiger charge is -2.18. The van der Waals surface area contributed by atoms with Crippen LogP contribution in [0.3, 0.4) is 0 Å². The zero-order valence-electron chi connectivity index (χ0n) is 10.7. The van der Waals surface area contributed by atoms with Gasteiger partial charge in [0.25, 0.3) is 0 Å². The molecule has 16 heavy (non-hydrogen) atoms. The minimum Gasteiger partial charge on any atom is -0.313 e. The van der Waals surface area contributed by atoms with E-state index in [9.17, 15) is 0 Å². The molecule has 1 aromatic heterocycles. The maximum atomic E-state index is 4.39. The SMILES string of the molecule is CC(C)(C)n1cc(CNCCC2CC2)cn1. The van der Waals surface area contributed by atoms with E-state index in [1.807, 2.05) is 10.9 Å². The van der Waals surface area contributed by atoms with E-state index in [0.29, 0.717) is 0 Å². The molecular weight excluding hydrogens is 198 g/mol. The Morgan fingerprint density at radius 3 is 2.75 bits per heavy atom. The fourth-order valence-corrected chi connectivity index (χ4v) is 1.76. The van der Waals surface area contributed by atoms with Gasteiger partial charge >= 0.3 is 0 Å². The first-order valence-corrected chi connectivity index (χ1v) is 6.30. The molecule has 1 fully saturated rings. The highest BCUT2D eigenvalue weighted by Gasteiger charge is 2.20. The lowest BCUT2D eigenvalue weighted by atomic mass is 10.1. The van der Waals surface area contributed by atoms with Crippen LogP contribution in [-0.2, 0) is 12.1 Å². The van der Waals surface area contributed by atoms with E-state index in [1.54, 1.807) is 0 Å². The van der Waals surface area contributed by atoms with E-state index < -0.39 is 0 Å². The second-order valence-electron chi connectivity index (χ2n) is 5.87. The summed E-state index contributed by atoms with van der Waals surface area (Å²) >= 11 is 0. The molecule has 1 N–H and O–H groups in total. The summed E-state index contributed by atoms with van der Waals surface area (Å²) in [6.45, 7) is 8.60. The molecule has 0 unspecified atom stereocenters. The molecule has 1 aromatic rings. The molecule has 90 valence electrons. The molecule has 3 heteroatoms. The van der Waals surface area contributed by atoms with E-state index in [0.717, 1.165) is 19.0 Å². The molecule has 0 amide bonds. The van der Waals surface area contributed by atoms with Gasteiger partial charge in [0, 0.05) is 18.3 Å². The summed E-state index contributed by atoms with van der Waals surface area (Å²) in [4.78, 5) is 0. The molecule has 3 nitrogen and oxygen atoms in total. The molecule has 1 aliphatic carbocycles.